The number of rotatable bonds is 2. The average Bonchev–Trinajstić information content (AvgIpc) is 3.06. The predicted octanol–water partition coefficient (Wildman–Crippen LogP) is 3.82. The summed E-state index contributed by atoms with van der Waals surface area (Å²) in [5.41, 5.74) is 2.29. The van der Waals surface area contributed by atoms with Gasteiger partial charge in [-0.05, 0) is 31.2 Å². The van der Waals surface area contributed by atoms with Crippen molar-refractivity contribution in [1.82, 2.24) is 5.32 Å². The minimum absolute atomic E-state index is 0.0537. The summed E-state index contributed by atoms with van der Waals surface area (Å²) in [6.45, 7) is 3.93. The average molecular weight is 285 g/mol. The van der Waals surface area contributed by atoms with E-state index in [2.05, 4.69) is 30.4 Å². The molecule has 2 fully saturated rings. The molecule has 2 aromatic rings. The van der Waals surface area contributed by atoms with Crippen LogP contribution in [0.4, 0.5) is 0 Å². The summed E-state index contributed by atoms with van der Waals surface area (Å²) in [6.07, 6.45) is 4.96. The maximum atomic E-state index is 6.22. The lowest BCUT2D eigenvalue weighted by molar-refractivity contribution is 0.0343. The number of nitrogens with one attached hydrogen (secondary N) is 1. The second-order valence-electron chi connectivity index (χ2n) is 6.32. The van der Waals surface area contributed by atoms with Crippen LogP contribution < -0.4 is 5.32 Å². The minimum Gasteiger partial charge on any atom is -0.458 e. The lowest BCUT2D eigenvalue weighted by Gasteiger charge is -2.15. The topological polar surface area (TPSA) is 34.4 Å². The maximum Gasteiger partial charge on any atom is 0.138 e. The van der Waals surface area contributed by atoms with Gasteiger partial charge in [-0.3, -0.25) is 0 Å². The zero-order valence-corrected chi connectivity index (χ0v) is 12.6. The molecule has 4 rings (SSSR count). The molecule has 0 amide bonds. The number of hydrogen-bond acceptors (Lipinski definition) is 3. The van der Waals surface area contributed by atoms with Crippen molar-refractivity contribution < 1.29 is 9.15 Å². The lowest BCUT2D eigenvalue weighted by atomic mass is 10.1. The molecule has 3 nitrogen and oxygen atoms in total. The van der Waals surface area contributed by atoms with E-state index in [0.717, 1.165) is 30.9 Å². The fourth-order valence-electron chi connectivity index (χ4n) is 3.97. The van der Waals surface area contributed by atoms with E-state index in [4.69, 9.17) is 9.15 Å². The molecule has 0 bridgehead atoms. The Morgan fingerprint density at radius 2 is 2.14 bits per heavy atom. The van der Waals surface area contributed by atoms with Gasteiger partial charge in [-0.25, -0.2) is 0 Å². The van der Waals surface area contributed by atoms with Crippen LogP contribution >= 0.6 is 0 Å². The van der Waals surface area contributed by atoms with Crippen molar-refractivity contribution in [3.8, 4) is 0 Å². The highest BCUT2D eigenvalue weighted by atomic mass is 16.5. The maximum absolute atomic E-state index is 6.22. The summed E-state index contributed by atoms with van der Waals surface area (Å²) in [6, 6.07) is 8.96. The van der Waals surface area contributed by atoms with Crippen LogP contribution in [-0.4, -0.2) is 19.2 Å². The van der Waals surface area contributed by atoms with Crippen LogP contribution in [0.15, 0.2) is 28.7 Å². The van der Waals surface area contributed by atoms with E-state index in [9.17, 15) is 0 Å². The van der Waals surface area contributed by atoms with Crippen LogP contribution in [0.1, 0.15) is 43.6 Å². The Morgan fingerprint density at radius 1 is 1.24 bits per heavy atom. The molecule has 0 spiro atoms. The van der Waals surface area contributed by atoms with Crippen molar-refractivity contribution >= 4 is 11.0 Å². The molecule has 1 aliphatic heterocycles. The Balaban J connectivity index is 1.66. The van der Waals surface area contributed by atoms with Gasteiger partial charge in [0, 0.05) is 23.5 Å². The third kappa shape index (κ3) is 2.29. The molecule has 2 aliphatic rings. The number of para-hydroxylation sites is 1. The van der Waals surface area contributed by atoms with Gasteiger partial charge in [-0.15, -0.1) is 0 Å². The van der Waals surface area contributed by atoms with Crippen LogP contribution in [-0.2, 0) is 11.2 Å². The standard InChI is InChI=1S/C18H23NO2/c1-2-13-14-7-3-4-9-16(14)21-18(13)17-10-19-15-8-5-6-12(15)11-20-17/h3-4,7,9,12,15,17,19H,2,5-6,8,10-11H2,1H3. The van der Waals surface area contributed by atoms with Crippen LogP contribution in [0.25, 0.3) is 11.0 Å². The van der Waals surface area contributed by atoms with Crippen LogP contribution in [0.2, 0.25) is 0 Å². The van der Waals surface area contributed by atoms with Crippen LogP contribution in [0.5, 0.6) is 0 Å². The van der Waals surface area contributed by atoms with E-state index in [1.807, 2.05) is 6.07 Å². The quantitative estimate of drug-likeness (QED) is 0.910. The highest BCUT2D eigenvalue weighted by Crippen LogP contribution is 2.35. The van der Waals surface area contributed by atoms with E-state index in [-0.39, 0.29) is 6.10 Å². The highest BCUT2D eigenvalue weighted by molar-refractivity contribution is 5.82. The van der Waals surface area contributed by atoms with Crippen molar-refractivity contribution in [3.63, 3.8) is 0 Å². The first kappa shape index (κ1) is 13.4. The summed E-state index contributed by atoms with van der Waals surface area (Å²) >= 11 is 0. The van der Waals surface area contributed by atoms with Gasteiger partial charge in [0.15, 0.2) is 0 Å². The SMILES string of the molecule is CCc1c(C2CNC3CCCC3CO2)oc2ccccc12. The largest absolute Gasteiger partial charge is 0.458 e. The van der Waals surface area contributed by atoms with E-state index in [1.165, 1.54) is 30.2 Å². The summed E-state index contributed by atoms with van der Waals surface area (Å²) < 4.78 is 12.4. The van der Waals surface area contributed by atoms with Gasteiger partial charge in [-0.1, -0.05) is 31.5 Å². The van der Waals surface area contributed by atoms with Crippen molar-refractivity contribution in [2.75, 3.05) is 13.2 Å². The van der Waals surface area contributed by atoms with Gasteiger partial charge in [0.05, 0.1) is 6.61 Å². The molecule has 3 unspecified atom stereocenters. The number of ether oxygens (including phenoxy) is 1. The third-order valence-electron chi connectivity index (χ3n) is 5.11. The first-order valence-electron chi connectivity index (χ1n) is 8.22. The first-order valence-corrected chi connectivity index (χ1v) is 8.22. The molecule has 2 heterocycles. The zero-order valence-electron chi connectivity index (χ0n) is 12.6. The lowest BCUT2D eigenvalue weighted by Crippen LogP contribution is -2.32. The predicted molar refractivity (Wildman–Crippen MR) is 83.4 cm³/mol. The molecule has 0 radical (unpaired) electrons. The van der Waals surface area contributed by atoms with E-state index in [1.54, 1.807) is 0 Å². The van der Waals surface area contributed by atoms with E-state index >= 15 is 0 Å². The Morgan fingerprint density at radius 3 is 3.05 bits per heavy atom. The molecule has 3 heteroatoms. The van der Waals surface area contributed by atoms with Crippen molar-refractivity contribution in [3.05, 3.63) is 35.6 Å². The van der Waals surface area contributed by atoms with Gasteiger partial charge >= 0.3 is 0 Å². The zero-order chi connectivity index (χ0) is 14.2. The third-order valence-corrected chi connectivity index (χ3v) is 5.11. The Bertz CT molecular complexity index is 619. The number of fused-ring (bicyclic) bond motifs is 2. The number of furan rings is 1. The monoisotopic (exact) mass is 285 g/mol. The molecule has 1 aliphatic carbocycles. The summed E-state index contributed by atoms with van der Waals surface area (Å²) in [4.78, 5) is 0. The molecule has 1 aromatic carbocycles. The van der Waals surface area contributed by atoms with Gasteiger partial charge in [0.1, 0.15) is 17.4 Å². The van der Waals surface area contributed by atoms with Gasteiger partial charge in [-0.2, -0.15) is 0 Å². The number of benzene rings is 1. The number of aryl methyl sites for hydroxylation is 1. The first-order chi connectivity index (χ1) is 10.4. The van der Waals surface area contributed by atoms with Crippen molar-refractivity contribution in [2.24, 2.45) is 5.92 Å². The molecule has 1 saturated carbocycles. The van der Waals surface area contributed by atoms with E-state index in [0.29, 0.717) is 12.0 Å². The highest BCUT2D eigenvalue weighted by Gasteiger charge is 2.33. The fraction of sp³-hybridized carbons (Fsp3) is 0.556. The molecule has 1 saturated heterocycles. The summed E-state index contributed by atoms with van der Waals surface area (Å²) in [5.74, 6) is 1.72. The fourth-order valence-corrected chi connectivity index (χ4v) is 3.97. The van der Waals surface area contributed by atoms with E-state index < -0.39 is 0 Å². The second kappa shape index (κ2) is 5.47. The molecular formula is C18H23NO2. The normalized spacial score (nSPS) is 29.5. The van der Waals surface area contributed by atoms with Gasteiger partial charge in [0.25, 0.3) is 0 Å². The van der Waals surface area contributed by atoms with Crippen LogP contribution in [0.3, 0.4) is 0 Å². The molecular weight excluding hydrogens is 262 g/mol. The molecule has 21 heavy (non-hydrogen) atoms. The summed E-state index contributed by atoms with van der Waals surface area (Å²) in [7, 11) is 0. The summed E-state index contributed by atoms with van der Waals surface area (Å²) in [5, 5.41) is 4.94. The number of hydrogen-bond donors (Lipinski definition) is 1. The smallest absolute Gasteiger partial charge is 0.138 e. The Hall–Kier alpha value is -1.32. The van der Waals surface area contributed by atoms with Crippen LogP contribution in [0, 0.1) is 5.92 Å². The second-order valence-corrected chi connectivity index (χ2v) is 6.32. The van der Waals surface area contributed by atoms with Gasteiger partial charge in [0.2, 0.25) is 0 Å². The Labute approximate surface area is 125 Å². The molecule has 1 N–H and O–H groups in total. The van der Waals surface area contributed by atoms with Gasteiger partial charge < -0.3 is 14.5 Å². The van der Waals surface area contributed by atoms with Crippen molar-refractivity contribution in [2.45, 2.75) is 44.8 Å². The minimum atomic E-state index is 0.0537. The molecule has 3 atom stereocenters. The molecule has 1 aromatic heterocycles. The molecule has 112 valence electrons. The van der Waals surface area contributed by atoms with Crippen molar-refractivity contribution in [1.29, 1.82) is 0 Å². The Kier molecular flexibility index (Phi) is 3.48.